The molecule has 0 aliphatic heterocycles. The Morgan fingerprint density at radius 1 is 1.62 bits per heavy atom. The lowest BCUT2D eigenvalue weighted by molar-refractivity contribution is 1.18. The van der Waals surface area contributed by atoms with Gasteiger partial charge in [-0.3, -0.25) is 0 Å². The normalized spacial score (nSPS) is 10.5. The number of halogens is 1. The van der Waals surface area contributed by atoms with Gasteiger partial charge in [-0.2, -0.15) is 0 Å². The first kappa shape index (κ1) is 10.7. The molecule has 1 radical (unpaired) electrons. The summed E-state index contributed by atoms with van der Waals surface area (Å²) in [6.07, 6.45) is 4.72. The highest BCUT2D eigenvalue weighted by atomic mass is 79.9. The van der Waals surface area contributed by atoms with Gasteiger partial charge in [0.25, 0.3) is 0 Å². The zero-order valence-corrected chi connectivity index (χ0v) is 10.6. The van der Waals surface area contributed by atoms with Crippen LogP contribution in [-0.4, -0.2) is 13.8 Å². The second-order valence-electron chi connectivity index (χ2n) is 3.17. The Kier molecular flexibility index (Phi) is 3.87. The molecule has 1 nitrogen and oxygen atoms in total. The Labute approximate surface area is 89.6 Å². The van der Waals surface area contributed by atoms with Crippen molar-refractivity contribution >= 4 is 29.9 Å². The lowest BCUT2D eigenvalue weighted by Crippen LogP contribution is -2.25. The molecule has 0 fully saturated rings. The number of aromatic nitrogens is 1. The molecule has 0 bridgehead atoms. The molecule has 0 amide bonds. The van der Waals surface area contributed by atoms with E-state index in [0.29, 0.717) is 0 Å². The van der Waals surface area contributed by atoms with E-state index in [4.69, 9.17) is 0 Å². The van der Waals surface area contributed by atoms with Crippen molar-refractivity contribution in [1.29, 1.82) is 0 Å². The van der Waals surface area contributed by atoms with Crippen LogP contribution < -0.4 is 5.19 Å². The standard InChI is InChI=1S/C10H13BrNSi/c1-4-5-8-6-9(13(2)3)10(11)12-7-8/h4,6-7H,1,5H2,2-3H3. The highest BCUT2D eigenvalue weighted by Gasteiger charge is 2.07. The third-order valence-corrected chi connectivity index (χ3v) is 4.27. The Balaban J connectivity index is 3.03. The molecule has 1 rings (SSSR count). The van der Waals surface area contributed by atoms with Gasteiger partial charge in [0.05, 0.1) is 8.80 Å². The highest BCUT2D eigenvalue weighted by molar-refractivity contribution is 9.10. The molecule has 0 aliphatic rings. The summed E-state index contributed by atoms with van der Waals surface area (Å²) in [4.78, 5) is 4.31. The molecule has 0 aromatic carbocycles. The van der Waals surface area contributed by atoms with E-state index >= 15 is 0 Å². The summed E-state index contributed by atoms with van der Waals surface area (Å²) in [5, 5.41) is 1.37. The summed E-state index contributed by atoms with van der Waals surface area (Å²) in [6.45, 7) is 8.26. The van der Waals surface area contributed by atoms with Crippen LogP contribution in [-0.2, 0) is 6.42 Å². The van der Waals surface area contributed by atoms with Gasteiger partial charge in [-0.25, -0.2) is 4.98 Å². The van der Waals surface area contributed by atoms with Crippen LogP contribution in [0.25, 0.3) is 0 Å². The lowest BCUT2D eigenvalue weighted by atomic mass is 10.2. The van der Waals surface area contributed by atoms with Crippen LogP contribution in [0, 0.1) is 0 Å². The first-order valence-electron chi connectivity index (χ1n) is 4.21. The number of pyridine rings is 1. The summed E-state index contributed by atoms with van der Waals surface area (Å²) in [6, 6.07) is 2.23. The molecule has 0 N–H and O–H groups in total. The topological polar surface area (TPSA) is 12.9 Å². The average molecular weight is 255 g/mol. The molecular formula is C10H13BrNSi. The SMILES string of the molecule is C=CCc1cnc(Br)c([Si](C)C)c1. The van der Waals surface area contributed by atoms with Crippen LogP contribution in [0.2, 0.25) is 13.1 Å². The van der Waals surface area contributed by atoms with Crippen molar-refractivity contribution in [3.8, 4) is 0 Å². The summed E-state index contributed by atoms with van der Waals surface area (Å²) in [5.74, 6) is 0. The Morgan fingerprint density at radius 2 is 2.31 bits per heavy atom. The molecule has 0 unspecified atom stereocenters. The zero-order chi connectivity index (χ0) is 9.84. The minimum atomic E-state index is -0.426. The number of nitrogens with zero attached hydrogens (tertiary/aromatic N) is 1. The van der Waals surface area contributed by atoms with Crippen LogP contribution in [0.15, 0.2) is 29.5 Å². The number of allylic oxidation sites excluding steroid dienone is 1. The number of rotatable bonds is 3. The van der Waals surface area contributed by atoms with Gasteiger partial charge in [0.2, 0.25) is 0 Å². The molecule has 1 aromatic heterocycles. The number of hydrogen-bond acceptors (Lipinski definition) is 1. The second kappa shape index (κ2) is 4.72. The Hall–Kier alpha value is -0.413. The third kappa shape index (κ3) is 2.78. The van der Waals surface area contributed by atoms with E-state index in [1.165, 1.54) is 10.8 Å². The Morgan fingerprint density at radius 3 is 2.85 bits per heavy atom. The monoisotopic (exact) mass is 254 g/mol. The molecule has 13 heavy (non-hydrogen) atoms. The average Bonchev–Trinajstić information content (AvgIpc) is 2.08. The molecule has 69 valence electrons. The van der Waals surface area contributed by atoms with Gasteiger partial charge in [-0.05, 0) is 33.1 Å². The highest BCUT2D eigenvalue weighted by Crippen LogP contribution is 2.07. The third-order valence-electron chi connectivity index (χ3n) is 1.81. The number of hydrogen-bond donors (Lipinski definition) is 0. The molecule has 0 atom stereocenters. The van der Waals surface area contributed by atoms with Crippen LogP contribution in [0.3, 0.4) is 0 Å². The summed E-state index contributed by atoms with van der Waals surface area (Å²) < 4.78 is 0.999. The predicted octanol–water partition coefficient (Wildman–Crippen LogP) is 2.53. The van der Waals surface area contributed by atoms with Crippen molar-refractivity contribution in [1.82, 2.24) is 4.98 Å². The van der Waals surface area contributed by atoms with Crippen LogP contribution >= 0.6 is 15.9 Å². The van der Waals surface area contributed by atoms with Gasteiger partial charge in [-0.15, -0.1) is 6.58 Å². The quantitative estimate of drug-likeness (QED) is 0.459. The van der Waals surface area contributed by atoms with Crippen molar-refractivity contribution in [2.75, 3.05) is 0 Å². The first-order valence-corrected chi connectivity index (χ1v) is 7.50. The second-order valence-corrected chi connectivity index (χ2v) is 6.46. The molecule has 0 saturated carbocycles. The lowest BCUT2D eigenvalue weighted by Gasteiger charge is -2.07. The van der Waals surface area contributed by atoms with Crippen molar-refractivity contribution in [2.24, 2.45) is 0 Å². The molecule has 0 aliphatic carbocycles. The Bertz CT molecular complexity index is 310. The smallest absolute Gasteiger partial charge is 0.105 e. The van der Waals surface area contributed by atoms with Crippen molar-refractivity contribution < 1.29 is 0 Å². The van der Waals surface area contributed by atoms with Gasteiger partial charge >= 0.3 is 0 Å². The maximum atomic E-state index is 4.31. The summed E-state index contributed by atoms with van der Waals surface area (Å²) in [7, 11) is -0.426. The van der Waals surface area contributed by atoms with E-state index in [0.717, 1.165) is 11.0 Å². The molecule has 0 spiro atoms. The van der Waals surface area contributed by atoms with E-state index in [2.05, 4.69) is 46.7 Å². The molecule has 1 aromatic rings. The fraction of sp³-hybridized carbons (Fsp3) is 0.300. The molecule has 3 heteroatoms. The van der Waals surface area contributed by atoms with E-state index < -0.39 is 8.80 Å². The van der Waals surface area contributed by atoms with E-state index in [9.17, 15) is 0 Å². The summed E-state index contributed by atoms with van der Waals surface area (Å²) in [5.41, 5.74) is 1.25. The van der Waals surface area contributed by atoms with Crippen LogP contribution in [0.4, 0.5) is 0 Å². The maximum Gasteiger partial charge on any atom is 0.105 e. The van der Waals surface area contributed by atoms with Crippen molar-refractivity contribution in [3.05, 3.63) is 35.1 Å². The van der Waals surface area contributed by atoms with E-state index in [1.54, 1.807) is 0 Å². The molecule has 1 heterocycles. The zero-order valence-electron chi connectivity index (χ0n) is 7.97. The predicted molar refractivity (Wildman–Crippen MR) is 63.0 cm³/mol. The largest absolute Gasteiger partial charge is 0.249 e. The van der Waals surface area contributed by atoms with Gasteiger partial charge in [-0.1, -0.05) is 25.2 Å². The fourth-order valence-corrected chi connectivity index (χ4v) is 3.48. The molecular weight excluding hydrogens is 242 g/mol. The van der Waals surface area contributed by atoms with Gasteiger partial charge < -0.3 is 0 Å². The van der Waals surface area contributed by atoms with Gasteiger partial charge in [0, 0.05) is 6.20 Å². The van der Waals surface area contributed by atoms with Gasteiger partial charge in [0.1, 0.15) is 4.60 Å². The first-order chi connectivity index (χ1) is 6.15. The van der Waals surface area contributed by atoms with Gasteiger partial charge in [0.15, 0.2) is 0 Å². The molecule has 0 saturated heterocycles. The van der Waals surface area contributed by atoms with E-state index in [-0.39, 0.29) is 0 Å². The minimum absolute atomic E-state index is 0.426. The minimum Gasteiger partial charge on any atom is -0.249 e. The van der Waals surface area contributed by atoms with E-state index in [1.807, 2.05) is 12.3 Å². The van der Waals surface area contributed by atoms with Crippen LogP contribution in [0.1, 0.15) is 5.56 Å². The van der Waals surface area contributed by atoms with Crippen molar-refractivity contribution in [3.63, 3.8) is 0 Å². The fourth-order valence-electron chi connectivity index (χ4n) is 1.12. The maximum absolute atomic E-state index is 4.31. The van der Waals surface area contributed by atoms with Crippen LogP contribution in [0.5, 0.6) is 0 Å². The summed E-state index contributed by atoms with van der Waals surface area (Å²) >= 11 is 3.47. The van der Waals surface area contributed by atoms with Crippen molar-refractivity contribution in [2.45, 2.75) is 19.5 Å².